The minimum Gasteiger partial charge on any atom is -0.481 e. The predicted molar refractivity (Wildman–Crippen MR) is 60.3 cm³/mol. The van der Waals surface area contributed by atoms with E-state index in [1.54, 1.807) is 24.3 Å². The molecule has 0 amide bonds. The van der Waals surface area contributed by atoms with Crippen LogP contribution in [0.3, 0.4) is 0 Å². The normalized spacial score (nSPS) is 11.6. The molecule has 0 saturated carbocycles. The fourth-order valence-corrected chi connectivity index (χ4v) is 1.40. The molecule has 0 bridgehead atoms. The third-order valence-corrected chi connectivity index (χ3v) is 2.36. The fraction of sp³-hybridized carbons (Fsp3) is 0.300. The number of carbonyl (C=O) groups is 1. The molecule has 1 aromatic rings. The topological polar surface area (TPSA) is 86.1 Å². The molecule has 0 radical (unpaired) electrons. The zero-order valence-corrected chi connectivity index (χ0v) is 9.13. The Balaban J connectivity index is 2.71. The molecule has 0 fully saturated rings. The number of aliphatic carboxylic acids is 1. The first-order valence-corrected chi connectivity index (χ1v) is 4.99. The molecule has 0 aromatic heterocycles. The lowest BCUT2D eigenvalue weighted by atomic mass is 10.00. The van der Waals surface area contributed by atoms with Crippen LogP contribution in [0.4, 0.5) is 0 Å². The Hall–Kier alpha value is -1.71. The Morgan fingerprint density at radius 3 is 2.62 bits per heavy atom. The van der Waals surface area contributed by atoms with E-state index in [2.05, 4.69) is 10.0 Å². The summed E-state index contributed by atoms with van der Waals surface area (Å²) in [4.78, 5) is 13.4. The standard InChI is InChI=1S/C10H10ClN3O2/c11-9-3-1-7(2-4-9)5-8(10(15)16)6-13-14-12/h1-4,8H,5-6H2,(H,15,16)/t8-/m1/s1. The molecule has 16 heavy (non-hydrogen) atoms. The van der Waals surface area contributed by atoms with Crippen molar-refractivity contribution < 1.29 is 9.90 Å². The van der Waals surface area contributed by atoms with E-state index >= 15 is 0 Å². The summed E-state index contributed by atoms with van der Waals surface area (Å²) in [6, 6.07) is 6.91. The number of nitrogens with zero attached hydrogens (tertiary/aromatic N) is 3. The molecule has 0 spiro atoms. The number of halogens is 1. The number of carboxylic acid groups (broad SMARTS) is 1. The molecule has 0 heterocycles. The average molecular weight is 240 g/mol. The molecule has 0 unspecified atom stereocenters. The molecule has 1 rings (SSSR count). The maximum Gasteiger partial charge on any atom is 0.306 e. The van der Waals surface area contributed by atoms with E-state index < -0.39 is 11.9 Å². The van der Waals surface area contributed by atoms with Crippen molar-refractivity contribution in [2.75, 3.05) is 6.54 Å². The van der Waals surface area contributed by atoms with Crippen LogP contribution in [-0.2, 0) is 11.2 Å². The van der Waals surface area contributed by atoms with Crippen molar-refractivity contribution in [3.63, 3.8) is 0 Å². The quantitative estimate of drug-likeness (QED) is 0.487. The van der Waals surface area contributed by atoms with Crippen LogP contribution in [0, 0.1) is 5.92 Å². The third kappa shape index (κ3) is 3.81. The van der Waals surface area contributed by atoms with Gasteiger partial charge in [0.05, 0.1) is 5.92 Å². The number of rotatable bonds is 5. The number of hydrogen-bond donors (Lipinski definition) is 1. The van der Waals surface area contributed by atoms with Crippen molar-refractivity contribution in [3.8, 4) is 0 Å². The maximum atomic E-state index is 10.9. The summed E-state index contributed by atoms with van der Waals surface area (Å²) in [6.07, 6.45) is 0.325. The zero-order chi connectivity index (χ0) is 12.0. The van der Waals surface area contributed by atoms with Crippen LogP contribution in [0.15, 0.2) is 29.4 Å². The van der Waals surface area contributed by atoms with E-state index in [0.717, 1.165) is 5.56 Å². The van der Waals surface area contributed by atoms with Crippen molar-refractivity contribution in [2.45, 2.75) is 6.42 Å². The second kappa shape index (κ2) is 6.00. The lowest BCUT2D eigenvalue weighted by Crippen LogP contribution is -2.19. The Kier molecular flexibility index (Phi) is 4.64. The second-order valence-electron chi connectivity index (χ2n) is 3.28. The Labute approximate surface area is 97.3 Å². The summed E-state index contributed by atoms with van der Waals surface area (Å²) in [5, 5.41) is 12.8. The Morgan fingerprint density at radius 2 is 2.12 bits per heavy atom. The molecular weight excluding hydrogens is 230 g/mol. The summed E-state index contributed by atoms with van der Waals surface area (Å²) in [5.41, 5.74) is 9.00. The number of carboxylic acids is 1. The summed E-state index contributed by atoms with van der Waals surface area (Å²) >= 11 is 5.71. The Morgan fingerprint density at radius 1 is 1.50 bits per heavy atom. The van der Waals surface area contributed by atoms with Gasteiger partial charge in [0.25, 0.3) is 0 Å². The van der Waals surface area contributed by atoms with E-state index in [0.29, 0.717) is 11.4 Å². The van der Waals surface area contributed by atoms with E-state index in [9.17, 15) is 4.79 Å². The lowest BCUT2D eigenvalue weighted by molar-refractivity contribution is -0.141. The van der Waals surface area contributed by atoms with Gasteiger partial charge < -0.3 is 5.11 Å². The summed E-state index contributed by atoms with van der Waals surface area (Å²) < 4.78 is 0. The highest BCUT2D eigenvalue weighted by Gasteiger charge is 2.16. The van der Waals surface area contributed by atoms with Crippen molar-refractivity contribution >= 4 is 17.6 Å². The second-order valence-corrected chi connectivity index (χ2v) is 3.72. The van der Waals surface area contributed by atoms with Gasteiger partial charge in [-0.3, -0.25) is 4.79 Å². The molecular formula is C10H10ClN3O2. The smallest absolute Gasteiger partial charge is 0.306 e. The van der Waals surface area contributed by atoms with Gasteiger partial charge in [-0.2, -0.15) is 0 Å². The zero-order valence-electron chi connectivity index (χ0n) is 8.38. The summed E-state index contributed by atoms with van der Waals surface area (Å²) in [5.74, 6) is -1.67. The SMILES string of the molecule is [N-]=[N+]=NC[C@@H](Cc1ccc(Cl)cc1)C(=O)O. The van der Waals surface area contributed by atoms with E-state index in [4.69, 9.17) is 22.2 Å². The summed E-state index contributed by atoms with van der Waals surface area (Å²) in [7, 11) is 0. The lowest BCUT2D eigenvalue weighted by Gasteiger charge is -2.08. The first kappa shape index (κ1) is 12.4. The maximum absolute atomic E-state index is 10.9. The molecule has 0 aliphatic heterocycles. The van der Waals surface area contributed by atoms with Crippen molar-refractivity contribution in [1.29, 1.82) is 0 Å². The minimum absolute atomic E-state index is 0.0472. The number of benzene rings is 1. The van der Waals surface area contributed by atoms with Crippen molar-refractivity contribution in [1.82, 2.24) is 0 Å². The molecule has 5 nitrogen and oxygen atoms in total. The molecule has 0 saturated heterocycles. The first-order chi connectivity index (χ1) is 7.63. The van der Waals surface area contributed by atoms with Crippen LogP contribution in [0.1, 0.15) is 5.56 Å². The van der Waals surface area contributed by atoms with Crippen LogP contribution in [0.25, 0.3) is 10.4 Å². The Bertz CT molecular complexity index is 413. The van der Waals surface area contributed by atoms with Gasteiger partial charge in [0, 0.05) is 16.5 Å². The molecule has 6 heteroatoms. The van der Waals surface area contributed by atoms with Gasteiger partial charge in [-0.25, -0.2) is 0 Å². The van der Waals surface area contributed by atoms with Gasteiger partial charge in [0.15, 0.2) is 0 Å². The predicted octanol–water partition coefficient (Wildman–Crippen LogP) is 2.89. The highest BCUT2D eigenvalue weighted by molar-refractivity contribution is 6.30. The average Bonchev–Trinajstić information content (AvgIpc) is 2.26. The van der Waals surface area contributed by atoms with Crippen molar-refractivity contribution in [3.05, 3.63) is 45.3 Å². The largest absolute Gasteiger partial charge is 0.481 e. The van der Waals surface area contributed by atoms with Crippen molar-refractivity contribution in [2.24, 2.45) is 11.0 Å². The molecule has 1 aromatic carbocycles. The van der Waals surface area contributed by atoms with Gasteiger partial charge in [-0.1, -0.05) is 28.8 Å². The highest BCUT2D eigenvalue weighted by atomic mass is 35.5. The first-order valence-electron chi connectivity index (χ1n) is 4.61. The van der Waals surface area contributed by atoms with Gasteiger partial charge in [0.1, 0.15) is 0 Å². The molecule has 84 valence electrons. The summed E-state index contributed by atoms with van der Waals surface area (Å²) in [6.45, 7) is -0.0472. The van der Waals surface area contributed by atoms with E-state index in [-0.39, 0.29) is 6.54 Å². The monoisotopic (exact) mass is 239 g/mol. The molecule has 0 aliphatic rings. The van der Waals surface area contributed by atoms with Crippen LogP contribution >= 0.6 is 11.6 Å². The van der Waals surface area contributed by atoms with Gasteiger partial charge in [-0.15, -0.1) is 0 Å². The molecule has 0 aliphatic carbocycles. The van der Waals surface area contributed by atoms with Gasteiger partial charge >= 0.3 is 5.97 Å². The minimum atomic E-state index is -0.970. The third-order valence-electron chi connectivity index (χ3n) is 2.11. The van der Waals surface area contributed by atoms with Crippen LogP contribution in [0.2, 0.25) is 5.02 Å². The van der Waals surface area contributed by atoms with Crippen LogP contribution in [0.5, 0.6) is 0 Å². The van der Waals surface area contributed by atoms with Crippen LogP contribution < -0.4 is 0 Å². The number of azide groups is 1. The molecule has 1 N–H and O–H groups in total. The van der Waals surface area contributed by atoms with Gasteiger partial charge in [0.2, 0.25) is 0 Å². The van der Waals surface area contributed by atoms with E-state index in [1.165, 1.54) is 0 Å². The number of hydrogen-bond acceptors (Lipinski definition) is 2. The van der Waals surface area contributed by atoms with Crippen LogP contribution in [-0.4, -0.2) is 17.6 Å². The molecule has 1 atom stereocenters. The van der Waals surface area contributed by atoms with E-state index in [1.807, 2.05) is 0 Å². The fourth-order valence-electron chi connectivity index (χ4n) is 1.27. The highest BCUT2D eigenvalue weighted by Crippen LogP contribution is 2.14. The van der Waals surface area contributed by atoms with Gasteiger partial charge in [-0.05, 0) is 29.6 Å².